The van der Waals surface area contributed by atoms with Crippen molar-refractivity contribution in [3.05, 3.63) is 72.1 Å². The van der Waals surface area contributed by atoms with Crippen LogP contribution < -0.4 is 4.90 Å². The van der Waals surface area contributed by atoms with Gasteiger partial charge in [0, 0.05) is 44.0 Å². The Labute approximate surface area is 232 Å². The lowest BCUT2D eigenvalue weighted by atomic mass is 10.1. The lowest BCUT2D eigenvalue weighted by Gasteiger charge is -2.35. The minimum atomic E-state index is -0.830. The maximum Gasteiger partial charge on any atom is 0.356 e. The standard InChI is InChI=1S/C28H25FN8O4/c1-2-41-28(40)20-12-19(33-34-20)24-25-22(18(29)14-31-24)17(13-30-25)26(38)27(39)37-10-8-36(9-11-37)21-15-32-35-23(21)16-6-4-3-5-7-16/h3-7,12-15,30H,2,8-11H2,1H3,(H,32,35)(H,33,34). The molecule has 0 bridgehead atoms. The molecular weight excluding hydrogens is 531 g/mol. The molecule has 1 saturated heterocycles. The van der Waals surface area contributed by atoms with Gasteiger partial charge in [0.15, 0.2) is 5.82 Å². The Morgan fingerprint density at radius 2 is 1.83 bits per heavy atom. The van der Waals surface area contributed by atoms with Crippen LogP contribution >= 0.6 is 0 Å². The molecule has 1 amide bonds. The van der Waals surface area contributed by atoms with Crippen LogP contribution in [0.15, 0.2) is 55.0 Å². The molecule has 0 unspecified atom stereocenters. The van der Waals surface area contributed by atoms with Gasteiger partial charge in [-0.25, -0.2) is 14.2 Å². The number of nitrogens with one attached hydrogen (secondary N) is 3. The van der Waals surface area contributed by atoms with Crippen LogP contribution in [-0.2, 0) is 9.53 Å². The molecule has 1 aromatic carbocycles. The van der Waals surface area contributed by atoms with Crippen LogP contribution in [-0.4, -0.2) is 85.7 Å². The first kappa shape index (κ1) is 25.9. The predicted molar refractivity (Wildman–Crippen MR) is 147 cm³/mol. The number of hydrogen-bond acceptors (Lipinski definition) is 8. The maximum absolute atomic E-state index is 15.0. The fraction of sp³-hybridized carbons (Fsp3) is 0.214. The highest BCUT2D eigenvalue weighted by molar-refractivity contribution is 6.45. The topological polar surface area (TPSA) is 153 Å². The number of H-pyrrole nitrogens is 3. The number of Topliss-reactive ketones (excluding diaryl/α,β-unsaturated/α-hetero) is 1. The highest BCUT2D eigenvalue weighted by atomic mass is 19.1. The quantitative estimate of drug-likeness (QED) is 0.157. The number of ether oxygens (including phenoxy) is 1. The summed E-state index contributed by atoms with van der Waals surface area (Å²) in [5.41, 5.74) is 3.43. The summed E-state index contributed by atoms with van der Waals surface area (Å²) in [6.45, 7) is 3.49. The van der Waals surface area contributed by atoms with Crippen molar-refractivity contribution in [2.75, 3.05) is 37.7 Å². The van der Waals surface area contributed by atoms with Crippen molar-refractivity contribution >= 4 is 34.3 Å². The number of amides is 1. The minimum absolute atomic E-state index is 0.0708. The van der Waals surface area contributed by atoms with Gasteiger partial charge in [-0.15, -0.1) is 0 Å². The molecule has 0 atom stereocenters. The molecule has 13 heteroatoms. The van der Waals surface area contributed by atoms with E-state index in [1.807, 2.05) is 30.3 Å². The number of ketones is 1. The average Bonchev–Trinajstić information content (AvgIpc) is 3.78. The van der Waals surface area contributed by atoms with E-state index in [9.17, 15) is 18.8 Å². The Hall–Kier alpha value is -5.33. The number of anilines is 1. The van der Waals surface area contributed by atoms with E-state index in [1.165, 1.54) is 17.2 Å². The van der Waals surface area contributed by atoms with Crippen molar-refractivity contribution in [2.45, 2.75) is 6.92 Å². The molecule has 0 spiro atoms. The smallest absolute Gasteiger partial charge is 0.356 e. The van der Waals surface area contributed by atoms with E-state index < -0.39 is 23.5 Å². The summed E-state index contributed by atoms with van der Waals surface area (Å²) in [5.74, 6) is -2.91. The molecule has 5 heterocycles. The van der Waals surface area contributed by atoms with Crippen LogP contribution in [0.4, 0.5) is 10.1 Å². The Kier molecular flexibility index (Phi) is 6.75. The van der Waals surface area contributed by atoms with Gasteiger partial charge in [-0.3, -0.25) is 19.8 Å². The first-order valence-electron chi connectivity index (χ1n) is 13.0. The summed E-state index contributed by atoms with van der Waals surface area (Å²) in [4.78, 5) is 49.1. The molecule has 0 radical (unpaired) electrons. The van der Waals surface area contributed by atoms with Crippen LogP contribution in [0.2, 0.25) is 0 Å². The lowest BCUT2D eigenvalue weighted by molar-refractivity contribution is -0.126. The van der Waals surface area contributed by atoms with Gasteiger partial charge >= 0.3 is 5.97 Å². The van der Waals surface area contributed by atoms with Crippen molar-refractivity contribution in [3.8, 4) is 22.6 Å². The highest BCUT2D eigenvalue weighted by Crippen LogP contribution is 2.31. The Bertz CT molecular complexity index is 1750. The van der Waals surface area contributed by atoms with Gasteiger partial charge in [0.1, 0.15) is 17.1 Å². The van der Waals surface area contributed by atoms with Gasteiger partial charge in [0.05, 0.1) is 46.8 Å². The number of fused-ring (bicyclic) bond motifs is 1. The number of carbonyl (C=O) groups is 3. The first-order chi connectivity index (χ1) is 20.0. The van der Waals surface area contributed by atoms with E-state index >= 15 is 0 Å². The third-order valence-corrected chi connectivity index (χ3v) is 7.01. The van der Waals surface area contributed by atoms with Crippen LogP contribution in [0.3, 0.4) is 0 Å². The third-order valence-electron chi connectivity index (χ3n) is 7.01. The van der Waals surface area contributed by atoms with Gasteiger partial charge in [-0.2, -0.15) is 10.2 Å². The molecule has 12 nitrogen and oxygen atoms in total. The van der Waals surface area contributed by atoms with Crippen molar-refractivity contribution in [1.82, 2.24) is 35.3 Å². The molecule has 208 valence electrons. The number of pyridine rings is 1. The summed E-state index contributed by atoms with van der Waals surface area (Å²) in [6, 6.07) is 11.2. The maximum atomic E-state index is 15.0. The monoisotopic (exact) mass is 556 g/mol. The Morgan fingerprint density at radius 3 is 2.59 bits per heavy atom. The fourth-order valence-electron chi connectivity index (χ4n) is 4.98. The van der Waals surface area contributed by atoms with E-state index in [2.05, 4.69) is 35.3 Å². The second kappa shape index (κ2) is 10.7. The highest BCUT2D eigenvalue weighted by Gasteiger charge is 2.31. The van der Waals surface area contributed by atoms with E-state index in [0.29, 0.717) is 26.2 Å². The largest absolute Gasteiger partial charge is 0.461 e. The van der Waals surface area contributed by atoms with Crippen molar-refractivity contribution in [2.24, 2.45) is 0 Å². The number of aromatic nitrogens is 6. The predicted octanol–water partition coefficient (Wildman–Crippen LogP) is 3.19. The second-order valence-electron chi connectivity index (χ2n) is 9.40. The zero-order valence-electron chi connectivity index (χ0n) is 22.0. The van der Waals surface area contributed by atoms with Crippen molar-refractivity contribution in [1.29, 1.82) is 0 Å². The third kappa shape index (κ3) is 4.71. The van der Waals surface area contributed by atoms with E-state index in [-0.39, 0.29) is 40.2 Å². The van der Waals surface area contributed by atoms with E-state index in [4.69, 9.17) is 4.74 Å². The number of benzene rings is 1. The number of nitrogens with zero attached hydrogens (tertiary/aromatic N) is 5. The summed E-state index contributed by atoms with van der Waals surface area (Å²) in [6.07, 6.45) is 4.01. The zero-order valence-corrected chi connectivity index (χ0v) is 22.0. The minimum Gasteiger partial charge on any atom is -0.461 e. The average molecular weight is 557 g/mol. The number of esters is 1. The fourth-order valence-corrected chi connectivity index (χ4v) is 4.98. The Balaban J connectivity index is 1.20. The van der Waals surface area contributed by atoms with Gasteiger partial charge in [0.2, 0.25) is 0 Å². The number of piperazine rings is 1. The SMILES string of the molecule is CCOC(=O)c1cc(-c2ncc(F)c3c(C(=O)C(=O)N4CCN(c5cn[nH]c5-c5ccccc5)CC4)c[nH]c23)n[nH]1. The lowest BCUT2D eigenvalue weighted by Crippen LogP contribution is -2.50. The Morgan fingerprint density at radius 1 is 1.05 bits per heavy atom. The molecule has 5 aromatic rings. The molecule has 41 heavy (non-hydrogen) atoms. The van der Waals surface area contributed by atoms with Gasteiger partial charge in [-0.05, 0) is 6.92 Å². The molecule has 0 saturated carbocycles. The molecular formula is C28H25FN8O4. The molecule has 1 aliphatic rings. The number of rotatable bonds is 7. The summed E-state index contributed by atoms with van der Waals surface area (Å²) >= 11 is 0. The van der Waals surface area contributed by atoms with Crippen LogP contribution in [0, 0.1) is 5.82 Å². The molecule has 1 fully saturated rings. The molecule has 6 rings (SSSR count). The van der Waals surface area contributed by atoms with Crippen molar-refractivity contribution in [3.63, 3.8) is 0 Å². The zero-order chi connectivity index (χ0) is 28.5. The molecule has 3 N–H and O–H groups in total. The number of carbonyl (C=O) groups excluding carboxylic acids is 3. The van der Waals surface area contributed by atoms with Gasteiger partial charge < -0.3 is 19.5 Å². The van der Waals surface area contributed by atoms with Gasteiger partial charge in [0.25, 0.3) is 11.7 Å². The number of aromatic amines is 3. The van der Waals surface area contributed by atoms with Crippen molar-refractivity contribution < 1.29 is 23.5 Å². The summed E-state index contributed by atoms with van der Waals surface area (Å²) in [5, 5.41) is 13.8. The van der Waals surface area contributed by atoms with E-state index in [1.54, 1.807) is 13.1 Å². The van der Waals surface area contributed by atoms with Crippen LogP contribution in [0.25, 0.3) is 33.5 Å². The normalized spacial score (nSPS) is 13.5. The molecule has 0 aliphatic carbocycles. The summed E-state index contributed by atoms with van der Waals surface area (Å²) < 4.78 is 19.9. The first-order valence-corrected chi connectivity index (χ1v) is 13.0. The number of hydrogen-bond donors (Lipinski definition) is 3. The second-order valence-corrected chi connectivity index (χ2v) is 9.40. The molecule has 4 aromatic heterocycles. The molecule has 1 aliphatic heterocycles. The van der Waals surface area contributed by atoms with Gasteiger partial charge in [-0.1, -0.05) is 30.3 Å². The van der Waals surface area contributed by atoms with Crippen LogP contribution in [0.1, 0.15) is 27.8 Å². The summed E-state index contributed by atoms with van der Waals surface area (Å²) in [7, 11) is 0. The van der Waals surface area contributed by atoms with E-state index in [0.717, 1.165) is 23.1 Å². The van der Waals surface area contributed by atoms with Crippen LogP contribution in [0.5, 0.6) is 0 Å². The number of halogens is 1.